The maximum atomic E-state index is 13.5. The first-order chi connectivity index (χ1) is 17.8. The van der Waals surface area contributed by atoms with Crippen LogP contribution in [0.4, 0.5) is 4.79 Å². The molecule has 202 valence electrons. The van der Waals surface area contributed by atoms with Crippen LogP contribution in [0.3, 0.4) is 0 Å². The minimum atomic E-state index is -0.262. The van der Waals surface area contributed by atoms with Crippen LogP contribution >= 0.6 is 11.8 Å². The van der Waals surface area contributed by atoms with Crippen molar-refractivity contribution in [3.8, 4) is 5.88 Å². The summed E-state index contributed by atoms with van der Waals surface area (Å²) in [6.45, 7) is 10.2. The van der Waals surface area contributed by atoms with Gasteiger partial charge in [-0.1, -0.05) is 36.9 Å². The largest absolute Gasteiger partial charge is 0.473 e. The van der Waals surface area contributed by atoms with Gasteiger partial charge in [0.1, 0.15) is 11.5 Å². The lowest BCUT2D eigenvalue weighted by molar-refractivity contribution is 0.0591. The molecule has 2 aliphatic carbocycles. The third-order valence-corrected chi connectivity index (χ3v) is 8.56. The molecule has 2 saturated carbocycles. The van der Waals surface area contributed by atoms with Crippen LogP contribution in [0, 0.1) is 17.8 Å². The Morgan fingerprint density at radius 1 is 1.14 bits per heavy atom. The number of amides is 3. The second-order valence-electron chi connectivity index (χ2n) is 10.8. The normalized spacial score (nSPS) is 24.8. The third-order valence-electron chi connectivity index (χ3n) is 7.49. The van der Waals surface area contributed by atoms with Gasteiger partial charge in [0.05, 0.1) is 6.54 Å². The van der Waals surface area contributed by atoms with Gasteiger partial charge in [-0.15, -0.1) is 0 Å². The van der Waals surface area contributed by atoms with E-state index in [1.165, 1.54) is 31.0 Å². The molecule has 9 heteroatoms. The van der Waals surface area contributed by atoms with Gasteiger partial charge < -0.3 is 24.8 Å². The highest BCUT2D eigenvalue weighted by Gasteiger charge is 2.42. The highest BCUT2D eigenvalue weighted by Crippen LogP contribution is 2.46. The molecule has 0 aliphatic heterocycles. The van der Waals surface area contributed by atoms with E-state index in [1.54, 1.807) is 4.90 Å². The first-order valence-corrected chi connectivity index (χ1v) is 14.3. The van der Waals surface area contributed by atoms with E-state index in [0.717, 1.165) is 23.7 Å². The first-order valence-electron chi connectivity index (χ1n) is 13.5. The SMILES string of the molecule is CCN(CC)C(=O)NCCOc1noc(C(=O)NC2(C)CC3CC(C)CC(C3)C2)c1Sc1ccccc1. The van der Waals surface area contributed by atoms with E-state index in [-0.39, 0.29) is 35.7 Å². The summed E-state index contributed by atoms with van der Waals surface area (Å²) >= 11 is 1.39. The molecule has 2 bridgehead atoms. The molecular formula is C28H40N4O4S. The fraction of sp³-hybridized carbons (Fsp3) is 0.607. The van der Waals surface area contributed by atoms with E-state index in [0.29, 0.717) is 36.4 Å². The fourth-order valence-electron chi connectivity index (χ4n) is 6.15. The average molecular weight is 529 g/mol. The number of urea groups is 1. The standard InChI is InChI=1S/C28H40N4O4S/c1-5-32(6-2)27(34)29-12-13-35-26-24(37-22-10-8-7-9-11-22)23(36-31-26)25(33)30-28(4)17-20-14-19(3)15-21(16-20)18-28/h7-11,19-21H,5-6,12-18H2,1-4H3,(H,29,34)(H,30,33). The summed E-state index contributed by atoms with van der Waals surface area (Å²) in [4.78, 5) is 28.9. The lowest BCUT2D eigenvalue weighted by Crippen LogP contribution is -2.52. The molecule has 1 aromatic carbocycles. The van der Waals surface area contributed by atoms with Crippen LogP contribution < -0.4 is 15.4 Å². The van der Waals surface area contributed by atoms with Gasteiger partial charge in [0.2, 0.25) is 5.76 Å². The average Bonchev–Trinajstić information content (AvgIpc) is 3.24. The van der Waals surface area contributed by atoms with E-state index in [9.17, 15) is 9.59 Å². The predicted octanol–water partition coefficient (Wildman–Crippen LogP) is 5.59. The summed E-state index contributed by atoms with van der Waals surface area (Å²) < 4.78 is 11.5. The van der Waals surface area contributed by atoms with Gasteiger partial charge in [0.25, 0.3) is 11.8 Å². The van der Waals surface area contributed by atoms with E-state index >= 15 is 0 Å². The van der Waals surface area contributed by atoms with Crippen molar-refractivity contribution >= 4 is 23.7 Å². The smallest absolute Gasteiger partial charge is 0.317 e. The van der Waals surface area contributed by atoms with Gasteiger partial charge >= 0.3 is 6.03 Å². The van der Waals surface area contributed by atoms with Crippen molar-refractivity contribution in [3.05, 3.63) is 36.1 Å². The maximum absolute atomic E-state index is 13.5. The van der Waals surface area contributed by atoms with Gasteiger partial charge in [-0.3, -0.25) is 4.79 Å². The molecule has 2 aliphatic rings. The molecule has 2 unspecified atom stereocenters. The van der Waals surface area contributed by atoms with Crippen LogP contribution in [0.2, 0.25) is 0 Å². The minimum absolute atomic E-state index is 0.132. The van der Waals surface area contributed by atoms with Gasteiger partial charge in [-0.2, -0.15) is 0 Å². The summed E-state index contributed by atoms with van der Waals surface area (Å²) in [5.41, 5.74) is -0.262. The fourth-order valence-corrected chi connectivity index (χ4v) is 7.09. The van der Waals surface area contributed by atoms with Gasteiger partial charge in [0, 0.05) is 23.5 Å². The Hall–Kier alpha value is -2.68. The lowest BCUT2D eigenvalue weighted by Gasteiger charge is -2.47. The van der Waals surface area contributed by atoms with Crippen molar-refractivity contribution < 1.29 is 18.8 Å². The number of hydrogen-bond donors (Lipinski definition) is 2. The summed E-state index contributed by atoms with van der Waals surface area (Å²) in [7, 11) is 0. The lowest BCUT2D eigenvalue weighted by atomic mass is 9.62. The number of ether oxygens (including phenoxy) is 1. The number of fused-ring (bicyclic) bond motifs is 2. The molecule has 2 fully saturated rings. The van der Waals surface area contributed by atoms with Crippen LogP contribution in [0.25, 0.3) is 0 Å². The second-order valence-corrected chi connectivity index (χ2v) is 11.9. The highest BCUT2D eigenvalue weighted by atomic mass is 32.2. The minimum Gasteiger partial charge on any atom is -0.473 e. The number of nitrogens with one attached hydrogen (secondary N) is 2. The Balaban J connectivity index is 1.45. The summed E-state index contributed by atoms with van der Waals surface area (Å²) in [5, 5.41) is 10.2. The number of carbonyl (C=O) groups is 2. The molecular weight excluding hydrogens is 488 g/mol. The van der Waals surface area contributed by atoms with Gasteiger partial charge in [-0.25, -0.2) is 4.79 Å². The Morgan fingerprint density at radius 3 is 2.46 bits per heavy atom. The van der Waals surface area contributed by atoms with E-state index in [2.05, 4.69) is 29.6 Å². The predicted molar refractivity (Wildman–Crippen MR) is 144 cm³/mol. The molecule has 0 radical (unpaired) electrons. The number of aromatic nitrogens is 1. The van der Waals surface area contributed by atoms with Crippen molar-refractivity contribution in [1.29, 1.82) is 0 Å². The highest BCUT2D eigenvalue weighted by molar-refractivity contribution is 7.99. The van der Waals surface area contributed by atoms with E-state index in [4.69, 9.17) is 9.26 Å². The number of carbonyl (C=O) groups excluding carboxylic acids is 2. The molecule has 1 heterocycles. The summed E-state index contributed by atoms with van der Waals surface area (Å²) in [6, 6.07) is 9.65. The molecule has 3 amide bonds. The second kappa shape index (κ2) is 12.2. The third kappa shape index (κ3) is 7.00. The maximum Gasteiger partial charge on any atom is 0.317 e. The number of rotatable bonds is 10. The number of nitrogens with zero attached hydrogens (tertiary/aromatic N) is 2. The topological polar surface area (TPSA) is 96.7 Å². The van der Waals surface area contributed by atoms with Crippen molar-refractivity contribution in [2.75, 3.05) is 26.2 Å². The number of benzene rings is 1. The summed E-state index contributed by atoms with van der Waals surface area (Å²) in [5.74, 6) is 2.25. The quantitative estimate of drug-likeness (QED) is 0.390. The van der Waals surface area contributed by atoms with Crippen LogP contribution in [0.15, 0.2) is 44.6 Å². The molecule has 0 spiro atoms. The molecule has 2 aromatic rings. The molecule has 2 atom stereocenters. The molecule has 1 aromatic heterocycles. The van der Waals surface area contributed by atoms with Crippen molar-refractivity contribution in [2.24, 2.45) is 17.8 Å². The zero-order valence-electron chi connectivity index (χ0n) is 22.4. The van der Waals surface area contributed by atoms with Crippen LogP contribution in [0.1, 0.15) is 70.4 Å². The Morgan fingerprint density at radius 2 is 1.81 bits per heavy atom. The summed E-state index contributed by atoms with van der Waals surface area (Å²) in [6.07, 6.45) is 5.73. The Labute approximate surface area is 224 Å². The van der Waals surface area contributed by atoms with Crippen LogP contribution in [-0.2, 0) is 0 Å². The van der Waals surface area contributed by atoms with Crippen molar-refractivity contribution in [2.45, 2.75) is 75.1 Å². The number of hydrogen-bond acceptors (Lipinski definition) is 6. The molecule has 2 N–H and O–H groups in total. The van der Waals surface area contributed by atoms with Crippen molar-refractivity contribution in [3.63, 3.8) is 0 Å². The van der Waals surface area contributed by atoms with E-state index in [1.807, 2.05) is 44.2 Å². The molecule has 37 heavy (non-hydrogen) atoms. The van der Waals surface area contributed by atoms with Crippen LogP contribution in [0.5, 0.6) is 5.88 Å². The van der Waals surface area contributed by atoms with E-state index < -0.39 is 0 Å². The van der Waals surface area contributed by atoms with Crippen molar-refractivity contribution in [1.82, 2.24) is 20.7 Å². The Kier molecular flexibility index (Phi) is 9.05. The Bertz CT molecular complexity index is 1040. The molecule has 4 rings (SSSR count). The first kappa shape index (κ1) is 27.4. The van der Waals surface area contributed by atoms with Gasteiger partial charge in [0.15, 0.2) is 0 Å². The molecule has 8 nitrogen and oxygen atoms in total. The zero-order valence-corrected chi connectivity index (χ0v) is 23.2. The zero-order chi connectivity index (χ0) is 26.4. The molecule has 0 saturated heterocycles. The monoisotopic (exact) mass is 528 g/mol. The van der Waals surface area contributed by atoms with Crippen LogP contribution in [-0.4, -0.2) is 53.8 Å². The van der Waals surface area contributed by atoms with Gasteiger partial charge in [-0.05, 0) is 87.9 Å².